The van der Waals surface area contributed by atoms with Crippen molar-refractivity contribution >= 4 is 22.1 Å². The lowest BCUT2D eigenvalue weighted by atomic mass is 10.2. The minimum Gasteiger partial charge on any atom is -0.292 e. The molecule has 0 aliphatic rings. The molecule has 11 heavy (non-hydrogen) atoms. The third-order valence-corrected chi connectivity index (χ3v) is 1.61. The van der Waals surface area contributed by atoms with Crippen LogP contribution in [0.5, 0.6) is 0 Å². The van der Waals surface area contributed by atoms with Crippen LogP contribution in [0.15, 0.2) is 35.3 Å². The lowest BCUT2D eigenvalue weighted by Crippen LogP contribution is -1.83. The Labute approximate surface area is 75.3 Å². The number of nitrogens with zero attached hydrogens (tertiary/aromatic N) is 1. The molecule has 0 aliphatic heterocycles. The molecule has 0 heterocycles. The minimum atomic E-state index is 0.842. The Hall–Kier alpha value is -0.630. The van der Waals surface area contributed by atoms with Crippen LogP contribution in [-0.2, 0) is 0 Å². The molecule has 1 rings (SSSR count). The van der Waals surface area contributed by atoms with Crippen LogP contribution in [0.2, 0.25) is 0 Å². The smallest absolute Gasteiger partial charge is 0.0486 e. The van der Waals surface area contributed by atoms with Gasteiger partial charge in [0, 0.05) is 18.1 Å². The van der Waals surface area contributed by atoms with Gasteiger partial charge in [-0.3, -0.25) is 4.99 Å². The van der Waals surface area contributed by atoms with Crippen molar-refractivity contribution < 1.29 is 0 Å². The van der Waals surface area contributed by atoms with Crippen LogP contribution in [0, 0.1) is 0 Å². The van der Waals surface area contributed by atoms with Gasteiger partial charge >= 0.3 is 0 Å². The topological polar surface area (TPSA) is 12.4 Å². The van der Waals surface area contributed by atoms with Crippen LogP contribution in [0.3, 0.4) is 0 Å². The van der Waals surface area contributed by atoms with E-state index >= 15 is 0 Å². The van der Waals surface area contributed by atoms with E-state index in [2.05, 4.69) is 20.9 Å². The molecular formula is C9H10BrN. The summed E-state index contributed by atoms with van der Waals surface area (Å²) in [6, 6.07) is 10.1. The molecule has 0 spiro atoms. The number of aliphatic imine (C=N–C) groups is 1. The molecule has 0 radical (unpaired) electrons. The standard InChI is InChI=1S/C9H10BrN/c10-6-7-11-8-9-4-2-1-3-5-9/h1-5,8H,6-7H2. The first-order valence-electron chi connectivity index (χ1n) is 3.54. The lowest BCUT2D eigenvalue weighted by molar-refractivity contribution is 1.17. The minimum absolute atomic E-state index is 0.842. The van der Waals surface area contributed by atoms with Gasteiger partial charge in [-0.05, 0) is 5.56 Å². The third kappa shape index (κ3) is 3.33. The number of benzene rings is 1. The van der Waals surface area contributed by atoms with E-state index in [4.69, 9.17) is 0 Å². The van der Waals surface area contributed by atoms with Gasteiger partial charge in [0.2, 0.25) is 0 Å². The Bertz CT molecular complexity index is 218. The fourth-order valence-electron chi connectivity index (χ4n) is 0.758. The number of alkyl halides is 1. The highest BCUT2D eigenvalue weighted by molar-refractivity contribution is 9.09. The largest absolute Gasteiger partial charge is 0.292 e. The Morgan fingerprint density at radius 3 is 2.64 bits per heavy atom. The zero-order chi connectivity index (χ0) is 7.94. The summed E-state index contributed by atoms with van der Waals surface area (Å²) >= 11 is 3.31. The maximum absolute atomic E-state index is 4.19. The van der Waals surface area contributed by atoms with Gasteiger partial charge in [-0.2, -0.15) is 0 Å². The van der Waals surface area contributed by atoms with Crippen molar-refractivity contribution in [1.29, 1.82) is 0 Å². The van der Waals surface area contributed by atoms with Crippen molar-refractivity contribution in [3.05, 3.63) is 35.9 Å². The molecule has 0 atom stereocenters. The Morgan fingerprint density at radius 2 is 2.00 bits per heavy atom. The zero-order valence-corrected chi connectivity index (χ0v) is 7.79. The first-order chi connectivity index (χ1) is 5.43. The third-order valence-electron chi connectivity index (χ3n) is 1.25. The van der Waals surface area contributed by atoms with E-state index in [0.29, 0.717) is 0 Å². The highest BCUT2D eigenvalue weighted by Crippen LogP contribution is 1.93. The summed E-state index contributed by atoms with van der Waals surface area (Å²) in [6.45, 7) is 0.842. The average Bonchev–Trinajstić information content (AvgIpc) is 2.07. The molecule has 58 valence electrons. The normalized spacial score (nSPS) is 10.6. The second-order valence-corrected chi connectivity index (χ2v) is 2.93. The zero-order valence-electron chi connectivity index (χ0n) is 6.20. The SMILES string of the molecule is BrCCN=Cc1ccccc1. The van der Waals surface area contributed by atoms with Crippen LogP contribution in [-0.4, -0.2) is 18.1 Å². The van der Waals surface area contributed by atoms with E-state index in [9.17, 15) is 0 Å². The van der Waals surface area contributed by atoms with Crippen molar-refractivity contribution in [3.8, 4) is 0 Å². The van der Waals surface area contributed by atoms with E-state index in [1.54, 1.807) is 0 Å². The first-order valence-corrected chi connectivity index (χ1v) is 4.66. The summed E-state index contributed by atoms with van der Waals surface area (Å²) in [5.74, 6) is 0. The molecule has 0 amide bonds. The molecule has 1 nitrogen and oxygen atoms in total. The Kier molecular flexibility index (Phi) is 3.91. The monoisotopic (exact) mass is 211 g/mol. The summed E-state index contributed by atoms with van der Waals surface area (Å²) in [5.41, 5.74) is 1.16. The number of rotatable bonds is 3. The Morgan fingerprint density at radius 1 is 1.27 bits per heavy atom. The van der Waals surface area contributed by atoms with Crippen molar-refractivity contribution in [2.45, 2.75) is 0 Å². The molecule has 1 aromatic carbocycles. The van der Waals surface area contributed by atoms with Crippen molar-refractivity contribution in [3.63, 3.8) is 0 Å². The van der Waals surface area contributed by atoms with Crippen LogP contribution in [0.4, 0.5) is 0 Å². The van der Waals surface area contributed by atoms with E-state index in [1.807, 2.05) is 36.5 Å². The maximum Gasteiger partial charge on any atom is 0.0486 e. The molecule has 0 fully saturated rings. The number of halogens is 1. The molecule has 0 bridgehead atoms. The predicted molar refractivity (Wildman–Crippen MR) is 52.7 cm³/mol. The molecule has 1 aromatic rings. The number of hydrogen-bond donors (Lipinski definition) is 0. The summed E-state index contributed by atoms with van der Waals surface area (Å²) in [7, 11) is 0. The number of hydrogen-bond acceptors (Lipinski definition) is 1. The highest BCUT2D eigenvalue weighted by atomic mass is 79.9. The van der Waals surface area contributed by atoms with E-state index in [0.717, 1.165) is 17.4 Å². The fourth-order valence-corrected chi connectivity index (χ4v) is 0.963. The summed E-state index contributed by atoms with van der Waals surface area (Å²) in [5, 5.41) is 0.927. The van der Waals surface area contributed by atoms with E-state index < -0.39 is 0 Å². The maximum atomic E-state index is 4.19. The summed E-state index contributed by atoms with van der Waals surface area (Å²) < 4.78 is 0. The van der Waals surface area contributed by atoms with E-state index in [1.165, 1.54) is 0 Å². The molecule has 0 unspecified atom stereocenters. The van der Waals surface area contributed by atoms with Gasteiger partial charge in [0.15, 0.2) is 0 Å². The van der Waals surface area contributed by atoms with Crippen LogP contribution in [0.1, 0.15) is 5.56 Å². The molecule has 0 aromatic heterocycles. The van der Waals surface area contributed by atoms with Gasteiger partial charge in [0.1, 0.15) is 0 Å². The highest BCUT2D eigenvalue weighted by Gasteiger charge is 1.81. The van der Waals surface area contributed by atoms with Crippen molar-refractivity contribution in [2.75, 3.05) is 11.9 Å². The average molecular weight is 212 g/mol. The Balaban J connectivity index is 2.50. The fraction of sp³-hybridized carbons (Fsp3) is 0.222. The van der Waals surface area contributed by atoms with Crippen LogP contribution in [0.25, 0.3) is 0 Å². The van der Waals surface area contributed by atoms with Gasteiger partial charge in [-0.25, -0.2) is 0 Å². The molecule has 0 saturated carbocycles. The van der Waals surface area contributed by atoms with Gasteiger partial charge in [-0.15, -0.1) is 0 Å². The second-order valence-electron chi connectivity index (χ2n) is 2.13. The molecular weight excluding hydrogens is 202 g/mol. The van der Waals surface area contributed by atoms with Gasteiger partial charge < -0.3 is 0 Å². The molecule has 2 heteroatoms. The summed E-state index contributed by atoms with van der Waals surface area (Å²) in [4.78, 5) is 4.19. The first kappa shape index (κ1) is 8.47. The lowest BCUT2D eigenvalue weighted by Gasteiger charge is -1.89. The molecule has 0 aliphatic carbocycles. The second kappa shape index (κ2) is 5.08. The molecule has 0 N–H and O–H groups in total. The van der Waals surface area contributed by atoms with Gasteiger partial charge in [-0.1, -0.05) is 46.3 Å². The molecule has 0 saturated heterocycles. The summed E-state index contributed by atoms with van der Waals surface area (Å²) in [6.07, 6.45) is 1.89. The van der Waals surface area contributed by atoms with Gasteiger partial charge in [0.25, 0.3) is 0 Å². The van der Waals surface area contributed by atoms with Crippen molar-refractivity contribution in [2.24, 2.45) is 4.99 Å². The quantitative estimate of drug-likeness (QED) is 0.539. The van der Waals surface area contributed by atoms with Crippen molar-refractivity contribution in [1.82, 2.24) is 0 Å². The van der Waals surface area contributed by atoms with E-state index in [-0.39, 0.29) is 0 Å². The van der Waals surface area contributed by atoms with Crippen LogP contribution < -0.4 is 0 Å². The predicted octanol–water partition coefficient (Wildman–Crippen LogP) is 2.50. The van der Waals surface area contributed by atoms with Crippen LogP contribution >= 0.6 is 15.9 Å². The van der Waals surface area contributed by atoms with Gasteiger partial charge in [0.05, 0.1) is 0 Å².